The van der Waals surface area contributed by atoms with Gasteiger partial charge in [0, 0.05) is 0 Å². The van der Waals surface area contributed by atoms with Crippen molar-refractivity contribution in [1.29, 1.82) is 0 Å². The molecule has 0 saturated heterocycles. The quantitative estimate of drug-likeness (QED) is 0.407. The molecule has 0 bridgehead atoms. The first-order valence-corrected chi connectivity index (χ1v) is 10.6. The summed E-state index contributed by atoms with van der Waals surface area (Å²) in [5, 5.41) is 0. The van der Waals surface area contributed by atoms with E-state index in [4.69, 9.17) is 18.2 Å². The highest BCUT2D eigenvalue weighted by Gasteiger charge is 2.43. The lowest BCUT2D eigenvalue weighted by Gasteiger charge is -2.20. The summed E-state index contributed by atoms with van der Waals surface area (Å²) in [6.07, 6.45) is -2.13. The second kappa shape index (κ2) is 5.34. The summed E-state index contributed by atoms with van der Waals surface area (Å²) in [5.41, 5.74) is 0. The fourth-order valence-electron chi connectivity index (χ4n) is 1.72. The summed E-state index contributed by atoms with van der Waals surface area (Å²) >= 11 is 0. The molecular weight excluding hydrogens is 392 g/mol. The van der Waals surface area contributed by atoms with E-state index in [9.17, 15) is 33.7 Å². The molecule has 4 N–H and O–H groups in total. The molecule has 0 heterocycles. The Balaban J connectivity index is 4.22. The van der Waals surface area contributed by atoms with Gasteiger partial charge in [-0.3, -0.25) is 18.2 Å². The van der Waals surface area contributed by atoms with Gasteiger partial charge in [0.1, 0.15) is 9.81 Å². The molecule has 1 rings (SSSR count). The maximum Gasteiger partial charge on any atom is 0.297 e. The van der Waals surface area contributed by atoms with Crippen molar-refractivity contribution in [2.45, 2.75) is 12.8 Å². The van der Waals surface area contributed by atoms with Crippen LogP contribution in [0, 0.1) is 0 Å². The molecule has 22 heavy (non-hydrogen) atoms. The lowest BCUT2D eigenvalue weighted by molar-refractivity contribution is 0.474. The molecule has 1 aliphatic carbocycles. The summed E-state index contributed by atoms with van der Waals surface area (Å²) in [6, 6.07) is 0. The minimum atomic E-state index is -5.72. The van der Waals surface area contributed by atoms with E-state index in [-0.39, 0.29) is 0 Å². The zero-order chi connectivity index (χ0) is 17.7. The fraction of sp³-hybridized carbons (Fsp3) is 0.333. The number of rotatable bonds is 4. The van der Waals surface area contributed by atoms with Crippen LogP contribution in [0.3, 0.4) is 0 Å². The Hall–Kier alpha value is -0.880. The van der Waals surface area contributed by atoms with Crippen molar-refractivity contribution in [1.82, 2.24) is 0 Å². The van der Waals surface area contributed by atoms with E-state index in [2.05, 4.69) is 0 Å². The summed E-state index contributed by atoms with van der Waals surface area (Å²) < 4.78 is 125. The van der Waals surface area contributed by atoms with Gasteiger partial charge in [-0.15, -0.1) is 0 Å². The summed E-state index contributed by atoms with van der Waals surface area (Å²) in [6.45, 7) is 0. The number of hydrogen-bond acceptors (Lipinski definition) is 8. The van der Waals surface area contributed by atoms with Gasteiger partial charge in [-0.25, -0.2) is 0 Å². The highest BCUT2D eigenvalue weighted by molar-refractivity contribution is 7.98. The van der Waals surface area contributed by atoms with Crippen LogP contribution < -0.4 is 0 Å². The van der Waals surface area contributed by atoms with Gasteiger partial charge in [0.15, 0.2) is 0 Å². The van der Waals surface area contributed by atoms with Gasteiger partial charge in [-0.2, -0.15) is 33.7 Å². The minimum absolute atomic E-state index is 1.07. The molecule has 1 aliphatic rings. The predicted octanol–water partition coefficient (Wildman–Crippen LogP) is -1.25. The van der Waals surface area contributed by atoms with E-state index in [1.807, 2.05) is 0 Å². The molecule has 128 valence electrons. The second-order valence-electron chi connectivity index (χ2n) is 3.90. The van der Waals surface area contributed by atoms with Gasteiger partial charge < -0.3 is 0 Å². The van der Waals surface area contributed by atoms with E-state index >= 15 is 0 Å². The fourth-order valence-corrected chi connectivity index (χ4v) is 6.63. The first kappa shape index (κ1) is 19.2. The van der Waals surface area contributed by atoms with Crippen LogP contribution in [0.4, 0.5) is 0 Å². The molecule has 0 aromatic heterocycles. The van der Waals surface area contributed by atoms with E-state index < -0.39 is 72.9 Å². The molecule has 0 saturated carbocycles. The zero-order valence-corrected chi connectivity index (χ0v) is 13.4. The molecule has 0 atom stereocenters. The largest absolute Gasteiger partial charge is 0.297 e. The number of allylic oxidation sites excluding steroid dienone is 2. The van der Waals surface area contributed by atoms with E-state index in [0.29, 0.717) is 0 Å². The summed E-state index contributed by atoms with van der Waals surface area (Å²) in [7, 11) is -22.2. The van der Waals surface area contributed by atoms with Gasteiger partial charge >= 0.3 is 0 Å². The van der Waals surface area contributed by atoms with Crippen molar-refractivity contribution in [2.75, 3.05) is 0 Å². The Bertz CT molecular complexity index is 901. The van der Waals surface area contributed by atoms with Crippen LogP contribution >= 0.6 is 0 Å². The van der Waals surface area contributed by atoms with Gasteiger partial charge in [-0.05, 0) is 12.8 Å². The van der Waals surface area contributed by atoms with Gasteiger partial charge in [0.25, 0.3) is 40.5 Å². The van der Waals surface area contributed by atoms with Gasteiger partial charge in [-0.1, -0.05) is 0 Å². The van der Waals surface area contributed by atoms with Crippen molar-refractivity contribution in [3.8, 4) is 0 Å². The van der Waals surface area contributed by atoms with Crippen molar-refractivity contribution in [3.05, 3.63) is 19.6 Å². The molecule has 0 radical (unpaired) electrons. The molecule has 16 heteroatoms. The van der Waals surface area contributed by atoms with Crippen LogP contribution in [0.5, 0.6) is 0 Å². The van der Waals surface area contributed by atoms with E-state index in [1.165, 1.54) is 0 Å². The van der Waals surface area contributed by atoms with Crippen LogP contribution in [0.2, 0.25) is 0 Å². The van der Waals surface area contributed by atoms with Gasteiger partial charge in [0.05, 0.1) is 9.81 Å². The molecule has 0 aliphatic heterocycles. The lowest BCUT2D eigenvalue weighted by atomic mass is 10.2. The Kier molecular flexibility index (Phi) is 4.65. The maximum atomic E-state index is 11.2. The molecular formula is C6H8O12S4. The smallest absolute Gasteiger partial charge is 0.282 e. The van der Waals surface area contributed by atoms with Gasteiger partial charge in [0.2, 0.25) is 0 Å². The minimum Gasteiger partial charge on any atom is -0.282 e. The van der Waals surface area contributed by atoms with Crippen molar-refractivity contribution in [2.24, 2.45) is 0 Å². The van der Waals surface area contributed by atoms with Crippen molar-refractivity contribution < 1.29 is 51.9 Å². The summed E-state index contributed by atoms with van der Waals surface area (Å²) in [4.78, 5) is -7.18. The molecule has 0 fully saturated rings. The molecule has 0 unspecified atom stereocenters. The Morgan fingerprint density at radius 1 is 0.500 bits per heavy atom. The third-order valence-electron chi connectivity index (χ3n) is 2.43. The van der Waals surface area contributed by atoms with Crippen LogP contribution in [-0.2, 0) is 40.5 Å². The predicted molar refractivity (Wildman–Crippen MR) is 69.5 cm³/mol. The number of hydrogen-bond donors (Lipinski definition) is 4. The van der Waals surface area contributed by atoms with Crippen molar-refractivity contribution in [3.63, 3.8) is 0 Å². The second-order valence-corrected chi connectivity index (χ2v) is 9.51. The van der Waals surface area contributed by atoms with Crippen LogP contribution in [-0.4, -0.2) is 51.9 Å². The SMILES string of the molecule is O=S(=O)(O)C1=C(S(=O)(=O)O)C(S(=O)(=O)O)=C(S(=O)(=O)O)CC1. The Labute approximate surface area is 125 Å². The standard InChI is InChI=1S/C6H8O12S4/c7-19(8,9)3-1-2-4(20(10,11)12)6(22(16,17)18)5(3)21(13,14)15/h1-2H2,(H,7,8,9)(H,10,11,12)(H,13,14,15)(H,16,17,18). The average Bonchev–Trinajstić information content (AvgIpc) is 2.22. The topological polar surface area (TPSA) is 217 Å². The Morgan fingerprint density at radius 3 is 0.864 bits per heavy atom. The molecule has 12 nitrogen and oxygen atoms in total. The first-order chi connectivity index (χ1) is 9.47. The first-order valence-electron chi connectivity index (χ1n) is 4.84. The highest BCUT2D eigenvalue weighted by atomic mass is 32.2. The van der Waals surface area contributed by atoms with Crippen LogP contribution in [0.15, 0.2) is 19.6 Å². The van der Waals surface area contributed by atoms with E-state index in [0.717, 1.165) is 0 Å². The molecule has 0 amide bonds. The monoisotopic (exact) mass is 400 g/mol. The molecule has 0 aromatic rings. The maximum absolute atomic E-state index is 11.2. The third kappa shape index (κ3) is 3.90. The average molecular weight is 400 g/mol. The molecule has 0 spiro atoms. The zero-order valence-electron chi connectivity index (χ0n) is 10.1. The highest BCUT2D eigenvalue weighted by Crippen LogP contribution is 2.39. The Morgan fingerprint density at radius 2 is 0.727 bits per heavy atom. The van der Waals surface area contributed by atoms with Crippen LogP contribution in [0.25, 0.3) is 0 Å². The third-order valence-corrected chi connectivity index (χ3v) is 6.81. The molecule has 0 aromatic carbocycles. The van der Waals surface area contributed by atoms with Crippen molar-refractivity contribution >= 4 is 40.5 Å². The lowest BCUT2D eigenvalue weighted by Crippen LogP contribution is -2.25. The summed E-state index contributed by atoms with van der Waals surface area (Å²) in [5.74, 6) is 0. The normalized spacial score (nSPS) is 18.7. The van der Waals surface area contributed by atoms with Crippen LogP contribution in [0.1, 0.15) is 12.8 Å². The van der Waals surface area contributed by atoms with E-state index in [1.54, 1.807) is 0 Å².